The van der Waals surface area contributed by atoms with Gasteiger partial charge in [0.2, 0.25) is 5.91 Å². The molecule has 1 saturated carbocycles. The molecule has 2 aliphatic rings. The summed E-state index contributed by atoms with van der Waals surface area (Å²) in [5.74, 6) is 2.14. The summed E-state index contributed by atoms with van der Waals surface area (Å²) < 4.78 is 17.4. The van der Waals surface area contributed by atoms with E-state index in [1.165, 1.54) is 0 Å². The van der Waals surface area contributed by atoms with Gasteiger partial charge in [-0.2, -0.15) is 0 Å². The molecule has 4 rings (SSSR count). The second-order valence-corrected chi connectivity index (χ2v) is 10.4. The Balaban J connectivity index is 1.55. The van der Waals surface area contributed by atoms with Crippen LogP contribution in [0.15, 0.2) is 42.5 Å². The van der Waals surface area contributed by atoms with E-state index in [0.717, 1.165) is 63.5 Å². The number of carbonyl (C=O) groups excluding carboxylic acids is 2. The zero-order valence-corrected chi connectivity index (χ0v) is 23.1. The Bertz CT molecular complexity index is 1090. The first-order valence-electron chi connectivity index (χ1n) is 14.0. The summed E-state index contributed by atoms with van der Waals surface area (Å²) >= 11 is 0. The van der Waals surface area contributed by atoms with Gasteiger partial charge in [-0.1, -0.05) is 37.5 Å². The van der Waals surface area contributed by atoms with Crippen molar-refractivity contribution in [1.82, 2.24) is 9.80 Å². The Hall–Kier alpha value is -3.22. The lowest BCUT2D eigenvalue weighted by Crippen LogP contribution is -2.51. The molecule has 0 bridgehead atoms. The molecule has 1 aliphatic heterocycles. The molecule has 0 spiro atoms. The number of hydrogen-bond acceptors (Lipinski definition) is 5. The van der Waals surface area contributed by atoms with Crippen LogP contribution in [0.5, 0.6) is 17.2 Å². The van der Waals surface area contributed by atoms with Crippen molar-refractivity contribution in [2.75, 3.05) is 34.4 Å². The van der Waals surface area contributed by atoms with Crippen LogP contribution < -0.4 is 14.2 Å². The van der Waals surface area contributed by atoms with E-state index in [9.17, 15) is 9.59 Å². The zero-order valence-electron chi connectivity index (χ0n) is 23.1. The van der Waals surface area contributed by atoms with Crippen molar-refractivity contribution in [2.45, 2.75) is 76.4 Å². The number of fused-ring (bicyclic) bond motifs is 2. The molecule has 2 aromatic rings. The number of ether oxygens (including phenoxy) is 3. The van der Waals surface area contributed by atoms with Crippen molar-refractivity contribution in [2.24, 2.45) is 0 Å². The Morgan fingerprint density at radius 1 is 0.921 bits per heavy atom. The summed E-state index contributed by atoms with van der Waals surface area (Å²) in [5, 5.41) is 0. The van der Waals surface area contributed by atoms with Crippen LogP contribution in [0.4, 0.5) is 0 Å². The van der Waals surface area contributed by atoms with E-state index in [4.69, 9.17) is 14.2 Å². The monoisotopic (exact) mass is 522 g/mol. The number of nitrogens with zero attached hydrogens (tertiary/aromatic N) is 2. The summed E-state index contributed by atoms with van der Waals surface area (Å²) in [6.07, 6.45) is 8.85. The van der Waals surface area contributed by atoms with Gasteiger partial charge in [0.25, 0.3) is 5.91 Å². The molecule has 0 N–H and O–H groups in total. The van der Waals surface area contributed by atoms with Crippen molar-refractivity contribution < 1.29 is 23.8 Å². The lowest BCUT2D eigenvalue weighted by atomic mass is 9.90. The standard InChI is InChI=1S/C31H42N2O5/c1-32-20-10-4-5-11-21-33(30(34)19-17-23-16-18-28(36-2)29(22-23)37-3)25-13-7-9-15-27(25)38-26-14-8-6-12-24(26)31(32)35/h6,8,12,14,16,18,22,25,27H,4-5,7,9-11,13,15,17,19-21H2,1-3H3/t25-,27+/m1/s1. The Kier molecular flexibility index (Phi) is 9.91. The molecule has 2 aromatic carbocycles. The van der Waals surface area contributed by atoms with Crippen molar-refractivity contribution in [3.8, 4) is 17.2 Å². The maximum absolute atomic E-state index is 13.7. The molecule has 2 amide bonds. The zero-order chi connectivity index (χ0) is 26.9. The molecule has 1 fully saturated rings. The van der Waals surface area contributed by atoms with Gasteiger partial charge in [-0.15, -0.1) is 0 Å². The highest BCUT2D eigenvalue weighted by Gasteiger charge is 2.35. The number of carbonyl (C=O) groups is 2. The van der Waals surface area contributed by atoms with Crippen LogP contribution in [-0.4, -0.2) is 68.1 Å². The minimum absolute atomic E-state index is 0.00508. The lowest BCUT2D eigenvalue weighted by Gasteiger charge is -2.40. The van der Waals surface area contributed by atoms with Crippen molar-refractivity contribution in [3.63, 3.8) is 0 Å². The summed E-state index contributed by atoms with van der Waals surface area (Å²) in [6, 6.07) is 13.4. The van der Waals surface area contributed by atoms with Gasteiger partial charge >= 0.3 is 0 Å². The highest BCUT2D eigenvalue weighted by atomic mass is 16.5. The van der Waals surface area contributed by atoms with E-state index in [2.05, 4.69) is 4.90 Å². The van der Waals surface area contributed by atoms with Crippen LogP contribution in [0.25, 0.3) is 0 Å². The average molecular weight is 523 g/mol. The first kappa shape index (κ1) is 27.8. The fourth-order valence-corrected chi connectivity index (χ4v) is 5.68. The van der Waals surface area contributed by atoms with Gasteiger partial charge in [-0.05, 0) is 68.4 Å². The Morgan fingerprint density at radius 3 is 2.45 bits per heavy atom. The molecular weight excluding hydrogens is 480 g/mol. The molecule has 2 atom stereocenters. The van der Waals surface area contributed by atoms with Crippen LogP contribution in [0.3, 0.4) is 0 Å². The average Bonchev–Trinajstić information content (AvgIpc) is 2.95. The lowest BCUT2D eigenvalue weighted by molar-refractivity contribution is -0.136. The van der Waals surface area contributed by atoms with E-state index < -0.39 is 0 Å². The molecule has 0 radical (unpaired) electrons. The van der Waals surface area contributed by atoms with Crippen molar-refractivity contribution >= 4 is 11.8 Å². The molecule has 7 heteroatoms. The topological polar surface area (TPSA) is 68.3 Å². The van der Waals surface area contributed by atoms with Gasteiger partial charge in [0.1, 0.15) is 11.9 Å². The third-order valence-corrected chi connectivity index (χ3v) is 7.85. The second-order valence-electron chi connectivity index (χ2n) is 10.4. The van der Waals surface area contributed by atoms with Gasteiger partial charge in [0, 0.05) is 26.6 Å². The molecule has 1 heterocycles. The number of aryl methyl sites for hydroxylation is 1. The van der Waals surface area contributed by atoms with Crippen LogP contribution in [0.1, 0.15) is 73.7 Å². The smallest absolute Gasteiger partial charge is 0.257 e. The highest BCUT2D eigenvalue weighted by Crippen LogP contribution is 2.32. The van der Waals surface area contributed by atoms with E-state index in [-0.39, 0.29) is 24.0 Å². The fourth-order valence-electron chi connectivity index (χ4n) is 5.68. The molecule has 7 nitrogen and oxygen atoms in total. The number of amides is 2. The third kappa shape index (κ3) is 6.80. The van der Waals surface area contributed by atoms with E-state index in [1.54, 1.807) is 19.1 Å². The first-order valence-corrected chi connectivity index (χ1v) is 14.0. The normalized spacial score (nSPS) is 21.0. The van der Waals surface area contributed by atoms with E-state index in [1.807, 2.05) is 49.5 Å². The summed E-state index contributed by atoms with van der Waals surface area (Å²) in [4.78, 5) is 30.8. The summed E-state index contributed by atoms with van der Waals surface area (Å²) in [6.45, 7) is 1.46. The highest BCUT2D eigenvalue weighted by molar-refractivity contribution is 5.96. The molecular formula is C31H42N2O5. The first-order chi connectivity index (χ1) is 18.5. The predicted molar refractivity (Wildman–Crippen MR) is 148 cm³/mol. The number of rotatable bonds is 5. The number of hydrogen-bond donors (Lipinski definition) is 0. The second kappa shape index (κ2) is 13.5. The van der Waals surface area contributed by atoms with Crippen molar-refractivity contribution in [3.05, 3.63) is 53.6 Å². The maximum atomic E-state index is 13.7. The third-order valence-electron chi connectivity index (χ3n) is 7.85. The quantitative estimate of drug-likeness (QED) is 0.519. The van der Waals surface area contributed by atoms with Crippen molar-refractivity contribution in [1.29, 1.82) is 0 Å². The van der Waals surface area contributed by atoms with Crippen LogP contribution in [-0.2, 0) is 11.2 Å². The van der Waals surface area contributed by atoms with Gasteiger partial charge in [0.05, 0.1) is 25.8 Å². The van der Waals surface area contributed by atoms with Crippen LogP contribution >= 0.6 is 0 Å². The van der Waals surface area contributed by atoms with Gasteiger partial charge in [-0.25, -0.2) is 0 Å². The van der Waals surface area contributed by atoms with Gasteiger partial charge in [0.15, 0.2) is 11.5 Å². The summed E-state index contributed by atoms with van der Waals surface area (Å²) in [7, 11) is 5.12. The minimum atomic E-state index is -0.129. The van der Waals surface area contributed by atoms with E-state index in [0.29, 0.717) is 42.2 Å². The molecule has 0 unspecified atom stereocenters. The number of para-hydroxylation sites is 1. The summed E-state index contributed by atoms with van der Waals surface area (Å²) in [5.41, 5.74) is 1.65. The number of methoxy groups -OCH3 is 2. The largest absolute Gasteiger partial charge is 0.493 e. The molecule has 1 aliphatic carbocycles. The van der Waals surface area contributed by atoms with Crippen LogP contribution in [0.2, 0.25) is 0 Å². The number of benzene rings is 2. The van der Waals surface area contributed by atoms with E-state index >= 15 is 0 Å². The van der Waals surface area contributed by atoms with Gasteiger partial charge in [-0.3, -0.25) is 9.59 Å². The van der Waals surface area contributed by atoms with Crippen LogP contribution in [0, 0.1) is 0 Å². The molecule has 38 heavy (non-hydrogen) atoms. The SMILES string of the molecule is COc1ccc(CCC(=O)N2CCCCCCN(C)C(=O)c3ccccc3O[C@H]3CCCC[C@H]32)cc1OC. The molecule has 0 aromatic heterocycles. The predicted octanol–water partition coefficient (Wildman–Crippen LogP) is 5.50. The Labute approximate surface area is 227 Å². The fraction of sp³-hybridized carbons (Fsp3) is 0.548. The van der Waals surface area contributed by atoms with Gasteiger partial charge < -0.3 is 24.0 Å². The Morgan fingerprint density at radius 2 is 1.66 bits per heavy atom. The molecule has 0 saturated heterocycles. The molecule has 206 valence electrons. The minimum Gasteiger partial charge on any atom is -0.493 e. The maximum Gasteiger partial charge on any atom is 0.257 e.